The van der Waals surface area contributed by atoms with E-state index in [9.17, 15) is 14.0 Å². The van der Waals surface area contributed by atoms with Crippen LogP contribution < -0.4 is 0 Å². The molecule has 0 aromatic heterocycles. The van der Waals surface area contributed by atoms with Gasteiger partial charge in [0.15, 0.2) is 0 Å². The molecule has 0 saturated heterocycles. The molecule has 0 N–H and O–H groups in total. The summed E-state index contributed by atoms with van der Waals surface area (Å²) < 4.78 is 19.6. The quantitative estimate of drug-likeness (QED) is 0.572. The topological polar surface area (TPSA) is 62.2 Å². The number of carbonyl (C=O) groups is 2. The molecule has 0 spiro atoms. The Bertz CT molecular complexity index is 1040. The van der Waals surface area contributed by atoms with Gasteiger partial charge in [0.25, 0.3) is 5.91 Å². The van der Waals surface area contributed by atoms with Crippen LogP contribution in [0.25, 0.3) is 0 Å². The van der Waals surface area contributed by atoms with Gasteiger partial charge in [-0.05, 0) is 36.6 Å². The molecule has 2 amide bonds. The van der Waals surface area contributed by atoms with Gasteiger partial charge in [-0.25, -0.2) is 9.40 Å². The molecule has 8 heteroatoms. The van der Waals surface area contributed by atoms with E-state index in [-0.39, 0.29) is 30.1 Å². The van der Waals surface area contributed by atoms with Crippen molar-refractivity contribution in [1.29, 1.82) is 0 Å². The lowest BCUT2D eigenvalue weighted by molar-refractivity contribution is -0.146. The molecule has 1 saturated carbocycles. The zero-order valence-electron chi connectivity index (χ0n) is 18.5. The highest BCUT2D eigenvalue weighted by atomic mass is 35.5. The Morgan fingerprint density at radius 1 is 1.18 bits per heavy atom. The number of halogens is 2. The van der Waals surface area contributed by atoms with E-state index < -0.39 is 6.04 Å². The van der Waals surface area contributed by atoms with Crippen LogP contribution in [0.5, 0.6) is 0 Å². The Morgan fingerprint density at radius 3 is 2.55 bits per heavy atom. The van der Waals surface area contributed by atoms with Crippen LogP contribution in [0.1, 0.15) is 42.9 Å². The summed E-state index contributed by atoms with van der Waals surface area (Å²) in [5.74, 6) is -0.752. The van der Waals surface area contributed by atoms with Gasteiger partial charge in [0, 0.05) is 36.6 Å². The molecule has 0 radical (unpaired) electrons. The Hall–Kier alpha value is -2.77. The first-order valence-corrected chi connectivity index (χ1v) is 11.5. The fraction of sp³-hybridized carbons (Fsp3) is 0.400. The number of ether oxygens (including phenoxy) is 1. The van der Waals surface area contributed by atoms with E-state index in [1.54, 1.807) is 42.3 Å². The summed E-state index contributed by atoms with van der Waals surface area (Å²) in [5, 5.41) is 6.50. The maximum atomic E-state index is 14.5. The first-order chi connectivity index (χ1) is 16.0. The van der Waals surface area contributed by atoms with Crippen molar-refractivity contribution in [2.24, 2.45) is 11.0 Å². The summed E-state index contributed by atoms with van der Waals surface area (Å²) in [5.41, 5.74) is 1.71. The van der Waals surface area contributed by atoms with Gasteiger partial charge in [0.2, 0.25) is 5.91 Å². The number of carbonyl (C=O) groups excluding carboxylic acids is 2. The van der Waals surface area contributed by atoms with Crippen molar-refractivity contribution in [1.82, 2.24) is 9.91 Å². The summed E-state index contributed by atoms with van der Waals surface area (Å²) in [7, 11) is 1.57. The van der Waals surface area contributed by atoms with Crippen molar-refractivity contribution in [3.05, 3.63) is 70.5 Å². The second-order valence-electron chi connectivity index (χ2n) is 8.42. The van der Waals surface area contributed by atoms with E-state index in [1.807, 2.05) is 12.1 Å². The molecule has 174 valence electrons. The molecule has 6 nitrogen and oxygen atoms in total. The maximum absolute atomic E-state index is 14.5. The number of methoxy groups -OCH3 is 1. The highest BCUT2D eigenvalue weighted by Gasteiger charge is 2.36. The normalized spacial score (nSPS) is 18.1. The molecule has 2 aliphatic rings. The molecule has 1 atom stereocenters. The summed E-state index contributed by atoms with van der Waals surface area (Å²) in [4.78, 5) is 27.9. The molecule has 4 rings (SSSR count). The van der Waals surface area contributed by atoms with Crippen LogP contribution in [-0.2, 0) is 14.3 Å². The Labute approximate surface area is 198 Å². The SMILES string of the molecule is COCCN(CC(=O)N1N=C(c2ccccc2F)CC1c1ccc(Cl)cc1)C(=O)C1CCC1. The third-order valence-corrected chi connectivity index (χ3v) is 6.51. The molecule has 1 aliphatic carbocycles. The number of benzene rings is 2. The lowest BCUT2D eigenvalue weighted by atomic mass is 9.84. The van der Waals surface area contributed by atoms with Gasteiger partial charge in [-0.3, -0.25) is 9.59 Å². The van der Waals surface area contributed by atoms with Crippen LogP contribution in [-0.4, -0.2) is 54.2 Å². The Kier molecular flexibility index (Phi) is 7.40. The minimum Gasteiger partial charge on any atom is -0.383 e. The van der Waals surface area contributed by atoms with Crippen LogP contribution >= 0.6 is 11.6 Å². The first kappa shape index (κ1) is 23.4. The summed E-state index contributed by atoms with van der Waals surface area (Å²) in [6, 6.07) is 13.2. The Morgan fingerprint density at radius 2 is 1.91 bits per heavy atom. The third-order valence-electron chi connectivity index (χ3n) is 6.26. The van der Waals surface area contributed by atoms with Gasteiger partial charge >= 0.3 is 0 Å². The van der Waals surface area contributed by atoms with E-state index in [2.05, 4.69) is 5.10 Å². The molecule has 1 unspecified atom stereocenters. The van der Waals surface area contributed by atoms with Crippen LogP contribution in [0.4, 0.5) is 4.39 Å². The lowest BCUT2D eigenvalue weighted by Gasteiger charge is -2.32. The zero-order valence-corrected chi connectivity index (χ0v) is 19.3. The summed E-state index contributed by atoms with van der Waals surface area (Å²) >= 11 is 6.05. The van der Waals surface area contributed by atoms with Gasteiger partial charge in [-0.2, -0.15) is 5.10 Å². The number of nitrogens with zero attached hydrogens (tertiary/aromatic N) is 3. The molecule has 1 fully saturated rings. The first-order valence-electron chi connectivity index (χ1n) is 11.2. The zero-order chi connectivity index (χ0) is 23.4. The fourth-order valence-corrected chi connectivity index (χ4v) is 4.29. The van der Waals surface area contributed by atoms with Crippen molar-refractivity contribution < 1.29 is 18.7 Å². The van der Waals surface area contributed by atoms with E-state index in [0.717, 1.165) is 24.8 Å². The van der Waals surface area contributed by atoms with Gasteiger partial charge in [-0.15, -0.1) is 0 Å². The van der Waals surface area contributed by atoms with E-state index >= 15 is 0 Å². The van der Waals surface area contributed by atoms with Crippen LogP contribution in [0.3, 0.4) is 0 Å². The summed E-state index contributed by atoms with van der Waals surface area (Å²) in [6.45, 7) is 0.577. The van der Waals surface area contributed by atoms with Crippen LogP contribution in [0.15, 0.2) is 53.6 Å². The third kappa shape index (κ3) is 5.25. The largest absolute Gasteiger partial charge is 0.383 e. The molecule has 2 aromatic rings. The van der Waals surface area contributed by atoms with E-state index in [1.165, 1.54) is 11.1 Å². The minimum absolute atomic E-state index is 0.0211. The second-order valence-corrected chi connectivity index (χ2v) is 8.85. The Balaban J connectivity index is 1.60. The van der Waals surface area contributed by atoms with Gasteiger partial charge in [0.05, 0.1) is 18.4 Å². The van der Waals surface area contributed by atoms with Crippen molar-refractivity contribution in [3.63, 3.8) is 0 Å². The standard InChI is InChI=1S/C25H27ClFN3O3/c1-33-14-13-29(25(32)18-5-4-6-18)16-24(31)30-23(17-9-11-19(26)12-10-17)15-22(28-30)20-7-2-3-8-21(20)27/h2-3,7-12,18,23H,4-6,13-16H2,1H3. The average molecular weight is 472 g/mol. The van der Waals surface area contributed by atoms with Gasteiger partial charge in [0.1, 0.15) is 12.4 Å². The minimum atomic E-state index is -0.410. The molecular weight excluding hydrogens is 445 g/mol. The van der Waals surface area contributed by atoms with Crippen LogP contribution in [0.2, 0.25) is 5.02 Å². The van der Waals surface area contributed by atoms with Gasteiger partial charge in [-0.1, -0.05) is 48.4 Å². The second kappa shape index (κ2) is 10.4. The molecule has 33 heavy (non-hydrogen) atoms. The number of rotatable bonds is 8. The van der Waals surface area contributed by atoms with E-state index in [4.69, 9.17) is 16.3 Å². The predicted octanol–water partition coefficient (Wildman–Crippen LogP) is 4.43. The maximum Gasteiger partial charge on any atom is 0.262 e. The predicted molar refractivity (Wildman–Crippen MR) is 124 cm³/mol. The fourth-order valence-electron chi connectivity index (χ4n) is 4.16. The van der Waals surface area contributed by atoms with Crippen molar-refractivity contribution in [3.8, 4) is 0 Å². The van der Waals surface area contributed by atoms with Crippen LogP contribution in [0, 0.1) is 11.7 Å². The number of hydrogen-bond donors (Lipinski definition) is 0. The van der Waals surface area contributed by atoms with Crippen molar-refractivity contribution in [2.75, 3.05) is 26.8 Å². The molecule has 1 aliphatic heterocycles. The molecular formula is C25H27ClFN3O3. The highest BCUT2D eigenvalue weighted by molar-refractivity contribution is 6.30. The number of hydrazone groups is 1. The molecule has 1 heterocycles. The lowest BCUT2D eigenvalue weighted by Crippen LogP contribution is -2.46. The average Bonchev–Trinajstić information content (AvgIpc) is 3.21. The van der Waals surface area contributed by atoms with Gasteiger partial charge < -0.3 is 9.64 Å². The van der Waals surface area contributed by atoms with Crippen molar-refractivity contribution in [2.45, 2.75) is 31.7 Å². The monoisotopic (exact) mass is 471 g/mol. The number of hydrogen-bond acceptors (Lipinski definition) is 4. The highest BCUT2D eigenvalue weighted by Crippen LogP contribution is 2.34. The molecule has 0 bridgehead atoms. The molecule has 2 aromatic carbocycles. The summed E-state index contributed by atoms with van der Waals surface area (Å²) in [6.07, 6.45) is 3.10. The smallest absolute Gasteiger partial charge is 0.262 e. The van der Waals surface area contributed by atoms with Crippen molar-refractivity contribution >= 4 is 29.1 Å². The number of amides is 2. The van der Waals surface area contributed by atoms with E-state index in [0.29, 0.717) is 35.9 Å².